The number of carbonyl (C=O) groups excluding carboxylic acids is 1. The number of nitro benzene ring substituents is 2. The molecule has 0 atom stereocenters. The van der Waals surface area contributed by atoms with E-state index in [4.69, 9.17) is 4.74 Å². The van der Waals surface area contributed by atoms with Gasteiger partial charge in [-0.15, -0.1) is 0 Å². The van der Waals surface area contributed by atoms with Crippen molar-refractivity contribution in [3.05, 3.63) is 44.0 Å². The van der Waals surface area contributed by atoms with Crippen LogP contribution in [0, 0.1) is 20.2 Å². The van der Waals surface area contributed by atoms with Crippen LogP contribution in [0.25, 0.3) is 0 Å². The largest absolute Gasteiger partial charge is 0.462 e. The normalized spacial score (nSPS) is 15.8. The van der Waals surface area contributed by atoms with Crippen LogP contribution in [-0.4, -0.2) is 30.5 Å². The monoisotopic (exact) mass is 338 g/mol. The summed E-state index contributed by atoms with van der Waals surface area (Å²) in [6.07, 6.45) is 2.01. The van der Waals surface area contributed by atoms with Gasteiger partial charge in [0.25, 0.3) is 11.4 Å². The van der Waals surface area contributed by atoms with Crippen molar-refractivity contribution in [3.63, 3.8) is 0 Å². The van der Waals surface area contributed by atoms with E-state index >= 15 is 0 Å². The first-order valence-corrected chi connectivity index (χ1v) is 10.7. The molecule has 124 valence electrons. The van der Waals surface area contributed by atoms with Gasteiger partial charge in [0.05, 0.1) is 36.2 Å². The number of non-ortho nitro benzene ring substituents is 2. The molecule has 1 aromatic rings. The van der Waals surface area contributed by atoms with Gasteiger partial charge < -0.3 is 4.74 Å². The molecule has 1 aliphatic rings. The van der Waals surface area contributed by atoms with Gasteiger partial charge in [0.15, 0.2) is 0 Å². The molecule has 0 spiro atoms. The lowest BCUT2D eigenvalue weighted by Gasteiger charge is -2.28. The zero-order valence-corrected chi connectivity index (χ0v) is 14.2. The topological polar surface area (TPSA) is 113 Å². The fourth-order valence-corrected chi connectivity index (χ4v) is 4.60. The van der Waals surface area contributed by atoms with E-state index in [1.165, 1.54) is 0 Å². The summed E-state index contributed by atoms with van der Waals surface area (Å²) in [6, 6.07) is 2.83. The van der Waals surface area contributed by atoms with Crippen molar-refractivity contribution in [2.24, 2.45) is 0 Å². The van der Waals surface area contributed by atoms with Crippen LogP contribution >= 0.6 is 0 Å². The summed E-state index contributed by atoms with van der Waals surface area (Å²) in [6.45, 7) is 6.86. The van der Waals surface area contributed by atoms with E-state index < -0.39 is 35.3 Å². The molecule has 0 amide bonds. The van der Waals surface area contributed by atoms with E-state index in [2.05, 4.69) is 19.6 Å². The van der Waals surface area contributed by atoms with Crippen LogP contribution in [0.4, 0.5) is 11.4 Å². The summed E-state index contributed by atoms with van der Waals surface area (Å²) in [4.78, 5) is 32.3. The molecule has 1 fully saturated rings. The Kier molecular flexibility index (Phi) is 4.25. The molecule has 1 aromatic carbocycles. The smallest absolute Gasteiger partial charge is 0.338 e. The Bertz CT molecular complexity index is 646. The Labute approximate surface area is 133 Å². The van der Waals surface area contributed by atoms with Gasteiger partial charge in [0, 0.05) is 12.1 Å². The molecule has 1 saturated carbocycles. The van der Waals surface area contributed by atoms with E-state index in [-0.39, 0.29) is 17.2 Å². The van der Waals surface area contributed by atoms with E-state index in [1.54, 1.807) is 0 Å². The molecule has 0 saturated heterocycles. The number of carbonyl (C=O) groups is 1. The summed E-state index contributed by atoms with van der Waals surface area (Å²) in [5, 5.41) is 21.7. The fraction of sp³-hybridized carbons (Fsp3) is 0.500. The van der Waals surface area contributed by atoms with Gasteiger partial charge in [-0.2, -0.15) is 0 Å². The minimum Gasteiger partial charge on any atom is -0.462 e. The van der Waals surface area contributed by atoms with Crippen molar-refractivity contribution in [3.8, 4) is 0 Å². The second-order valence-electron chi connectivity index (χ2n) is 6.86. The Morgan fingerprint density at radius 2 is 1.61 bits per heavy atom. The highest BCUT2D eigenvalue weighted by atomic mass is 28.3. The fourth-order valence-electron chi connectivity index (χ4n) is 2.47. The van der Waals surface area contributed by atoms with Gasteiger partial charge in [0.2, 0.25) is 0 Å². The Hall–Kier alpha value is -2.29. The number of nitrogens with zero attached hydrogens (tertiary/aromatic N) is 2. The van der Waals surface area contributed by atoms with Crippen molar-refractivity contribution in [2.45, 2.75) is 37.5 Å². The molecular formula is C14H18N2O6Si. The number of hydrogen-bond acceptors (Lipinski definition) is 6. The van der Waals surface area contributed by atoms with Crippen LogP contribution in [-0.2, 0) is 4.74 Å². The maximum Gasteiger partial charge on any atom is 0.338 e. The summed E-state index contributed by atoms with van der Waals surface area (Å²) < 4.78 is 5.30. The van der Waals surface area contributed by atoms with Gasteiger partial charge >= 0.3 is 5.97 Å². The molecule has 0 radical (unpaired) electrons. The first-order valence-electron chi connectivity index (χ1n) is 7.17. The lowest BCUT2D eigenvalue weighted by Crippen LogP contribution is -2.33. The zero-order valence-electron chi connectivity index (χ0n) is 13.2. The van der Waals surface area contributed by atoms with Gasteiger partial charge in [-0.3, -0.25) is 20.2 Å². The van der Waals surface area contributed by atoms with Crippen LogP contribution in [0.3, 0.4) is 0 Å². The van der Waals surface area contributed by atoms with E-state index in [0.29, 0.717) is 0 Å². The number of esters is 1. The number of rotatable bonds is 6. The third-order valence-electron chi connectivity index (χ3n) is 4.48. The maximum absolute atomic E-state index is 12.1. The van der Waals surface area contributed by atoms with Crippen LogP contribution in [0.15, 0.2) is 18.2 Å². The van der Waals surface area contributed by atoms with Crippen molar-refractivity contribution in [1.82, 2.24) is 0 Å². The first kappa shape index (κ1) is 17.1. The standard InChI is InChI=1S/C14H18N2O6Si/c1-23(2,3)14(4-5-14)9-22-13(17)10-6-11(15(18)19)8-12(7-10)16(20)21/h6-8H,4-5,9H2,1-3H3. The Morgan fingerprint density at radius 1 is 1.13 bits per heavy atom. The first-order chi connectivity index (χ1) is 10.6. The predicted octanol–water partition coefficient (Wildman–Crippen LogP) is 3.53. The van der Waals surface area contributed by atoms with Crippen LogP contribution < -0.4 is 0 Å². The molecule has 0 aliphatic heterocycles. The third-order valence-corrected chi connectivity index (χ3v) is 8.31. The van der Waals surface area contributed by atoms with Crippen LogP contribution in [0.1, 0.15) is 23.2 Å². The Morgan fingerprint density at radius 3 is 1.96 bits per heavy atom. The van der Waals surface area contributed by atoms with E-state index in [1.807, 2.05) is 0 Å². The summed E-state index contributed by atoms with van der Waals surface area (Å²) in [5.74, 6) is -0.763. The highest BCUT2D eigenvalue weighted by Crippen LogP contribution is 2.60. The SMILES string of the molecule is C[Si](C)(C)C1(COC(=O)c2cc([N+](=O)[O-])cc([N+](=O)[O-])c2)CC1. The zero-order chi connectivity index (χ0) is 17.4. The van der Waals surface area contributed by atoms with Crippen molar-refractivity contribution >= 4 is 25.4 Å². The molecule has 0 N–H and O–H groups in total. The van der Waals surface area contributed by atoms with Gasteiger partial charge in [0.1, 0.15) is 0 Å². The molecular weight excluding hydrogens is 320 g/mol. The average molecular weight is 338 g/mol. The molecule has 2 rings (SSSR count). The van der Waals surface area contributed by atoms with Crippen molar-refractivity contribution < 1.29 is 19.4 Å². The van der Waals surface area contributed by atoms with E-state index in [9.17, 15) is 25.0 Å². The second-order valence-corrected chi connectivity index (χ2v) is 12.4. The molecule has 23 heavy (non-hydrogen) atoms. The minimum absolute atomic E-state index is 0.0509. The van der Waals surface area contributed by atoms with Crippen LogP contribution in [0.5, 0.6) is 0 Å². The third kappa shape index (κ3) is 3.55. The molecule has 0 bridgehead atoms. The van der Waals surface area contributed by atoms with Gasteiger partial charge in [-0.05, 0) is 17.9 Å². The lowest BCUT2D eigenvalue weighted by molar-refractivity contribution is -0.394. The second kappa shape index (κ2) is 5.73. The molecule has 1 aliphatic carbocycles. The van der Waals surface area contributed by atoms with Gasteiger partial charge in [-0.1, -0.05) is 19.6 Å². The number of benzene rings is 1. The highest BCUT2D eigenvalue weighted by molar-refractivity contribution is 6.80. The minimum atomic E-state index is -1.49. The number of hydrogen-bond donors (Lipinski definition) is 0. The Balaban J connectivity index is 2.19. The number of nitro groups is 2. The van der Waals surface area contributed by atoms with Crippen molar-refractivity contribution in [2.75, 3.05) is 6.61 Å². The maximum atomic E-state index is 12.1. The molecule has 0 aromatic heterocycles. The number of ether oxygens (including phenoxy) is 1. The molecule has 0 heterocycles. The molecule has 0 unspecified atom stereocenters. The quantitative estimate of drug-likeness (QED) is 0.339. The van der Waals surface area contributed by atoms with Crippen molar-refractivity contribution in [1.29, 1.82) is 0 Å². The lowest BCUT2D eigenvalue weighted by atomic mass is 10.2. The van der Waals surface area contributed by atoms with E-state index in [0.717, 1.165) is 31.0 Å². The molecule has 8 nitrogen and oxygen atoms in total. The predicted molar refractivity (Wildman–Crippen MR) is 85.3 cm³/mol. The van der Waals surface area contributed by atoms with Crippen LogP contribution in [0.2, 0.25) is 24.7 Å². The summed E-state index contributed by atoms with van der Waals surface area (Å²) in [5.41, 5.74) is -1.17. The highest BCUT2D eigenvalue weighted by Gasteiger charge is 2.53. The average Bonchev–Trinajstić information content (AvgIpc) is 3.24. The summed E-state index contributed by atoms with van der Waals surface area (Å²) >= 11 is 0. The summed E-state index contributed by atoms with van der Waals surface area (Å²) in [7, 11) is -1.49. The van der Waals surface area contributed by atoms with Gasteiger partial charge in [-0.25, -0.2) is 4.79 Å². The molecule has 9 heteroatoms.